The van der Waals surface area contributed by atoms with Crippen LogP contribution in [0.2, 0.25) is 5.02 Å². The maximum atomic E-state index is 13.3. The van der Waals surface area contributed by atoms with Crippen LogP contribution < -0.4 is 16.0 Å². The highest BCUT2D eigenvalue weighted by molar-refractivity contribution is 6.30. The summed E-state index contributed by atoms with van der Waals surface area (Å²) in [5.41, 5.74) is 0.963. The highest BCUT2D eigenvalue weighted by Crippen LogP contribution is 2.34. The van der Waals surface area contributed by atoms with Gasteiger partial charge in [-0.15, -0.1) is 0 Å². The zero-order valence-electron chi connectivity index (χ0n) is 22.1. The molecule has 2 fully saturated rings. The molecule has 208 valence electrons. The number of hydrogen-bond donors (Lipinski definition) is 4. The number of aliphatic hydroxyl groups excluding tert-OH is 1. The standard InChI is InChI=1S/C27H43ClN4O5/c1-29-17-23(15-19-8-10-24(33)11-9-19)31-26(34)32-13-4-6-21(18-32)25(20-5-3-7-22(28)16-20)37-14-12-30-27(35)36-2/h3,5,7,16,19,21,23-25,29,33H,4,6,8-15,17-18H2,1-2H3,(H,30,35)(H,31,34)/t19?,21-,23+,24?,25+/m1/s1. The lowest BCUT2D eigenvalue weighted by Crippen LogP contribution is -2.52. The summed E-state index contributed by atoms with van der Waals surface area (Å²) in [6.45, 7) is 2.63. The lowest BCUT2D eigenvalue weighted by atomic mass is 9.83. The smallest absolute Gasteiger partial charge is 0.406 e. The third-order valence-electron chi connectivity index (χ3n) is 7.42. The molecule has 1 saturated carbocycles. The molecule has 3 amide bonds. The van der Waals surface area contributed by atoms with Gasteiger partial charge in [0.25, 0.3) is 0 Å². The summed E-state index contributed by atoms with van der Waals surface area (Å²) >= 11 is 6.28. The molecule has 2 aliphatic rings. The van der Waals surface area contributed by atoms with Gasteiger partial charge in [-0.05, 0) is 75.6 Å². The SMILES string of the molecule is CNC[C@H](CC1CCC(O)CC1)NC(=O)N1CCC[C@@H]([C@@H](OCCNC(=O)OC)c2cccc(Cl)c2)C1. The van der Waals surface area contributed by atoms with Crippen molar-refractivity contribution in [1.29, 1.82) is 0 Å². The molecule has 4 N–H and O–H groups in total. The molecule has 0 bridgehead atoms. The fraction of sp³-hybridized carbons (Fsp3) is 0.704. The Hall–Kier alpha value is -2.07. The first kappa shape index (κ1) is 29.5. The predicted octanol–water partition coefficient (Wildman–Crippen LogP) is 3.70. The molecule has 1 aromatic rings. The number of aliphatic hydroxyl groups is 1. The summed E-state index contributed by atoms with van der Waals surface area (Å²) < 4.78 is 10.9. The van der Waals surface area contributed by atoms with E-state index in [-0.39, 0.29) is 30.2 Å². The summed E-state index contributed by atoms with van der Waals surface area (Å²) in [6.07, 6.45) is 5.50. The normalized spacial score (nSPS) is 23.7. The van der Waals surface area contributed by atoms with Crippen LogP contribution in [0.25, 0.3) is 0 Å². The van der Waals surface area contributed by atoms with E-state index in [0.717, 1.165) is 50.5 Å². The van der Waals surface area contributed by atoms with Gasteiger partial charge in [-0.3, -0.25) is 0 Å². The molecular weight excluding hydrogens is 496 g/mol. The van der Waals surface area contributed by atoms with Gasteiger partial charge in [0.05, 0.1) is 25.9 Å². The first-order chi connectivity index (χ1) is 17.9. The van der Waals surface area contributed by atoms with Crippen molar-refractivity contribution >= 4 is 23.7 Å². The summed E-state index contributed by atoms with van der Waals surface area (Å²) in [5.74, 6) is 0.619. The molecule has 37 heavy (non-hydrogen) atoms. The Morgan fingerprint density at radius 3 is 2.70 bits per heavy atom. The van der Waals surface area contributed by atoms with Gasteiger partial charge in [-0.1, -0.05) is 23.7 Å². The number of methoxy groups -OCH3 is 1. The Bertz CT molecular complexity index is 852. The monoisotopic (exact) mass is 538 g/mol. The molecule has 3 rings (SSSR count). The second-order valence-electron chi connectivity index (χ2n) is 10.2. The van der Waals surface area contributed by atoms with Crippen LogP contribution in [0.1, 0.15) is 56.6 Å². The molecule has 1 aliphatic heterocycles. The maximum Gasteiger partial charge on any atom is 0.406 e. The van der Waals surface area contributed by atoms with Crippen molar-refractivity contribution in [2.75, 3.05) is 46.9 Å². The molecule has 0 radical (unpaired) electrons. The minimum Gasteiger partial charge on any atom is -0.453 e. The zero-order valence-corrected chi connectivity index (χ0v) is 22.8. The number of benzene rings is 1. The average Bonchev–Trinajstić information content (AvgIpc) is 2.90. The fourth-order valence-corrected chi connectivity index (χ4v) is 5.73. The highest BCUT2D eigenvalue weighted by Gasteiger charge is 2.32. The molecule has 0 aromatic heterocycles. The Kier molecular flexibility index (Phi) is 12.2. The van der Waals surface area contributed by atoms with Crippen LogP contribution in [0.15, 0.2) is 24.3 Å². The van der Waals surface area contributed by atoms with Crippen LogP contribution in [0, 0.1) is 11.8 Å². The maximum absolute atomic E-state index is 13.3. The van der Waals surface area contributed by atoms with Crippen molar-refractivity contribution < 1.29 is 24.2 Å². The number of nitrogens with one attached hydrogen (secondary N) is 3. The Balaban J connectivity index is 1.61. The largest absolute Gasteiger partial charge is 0.453 e. The van der Waals surface area contributed by atoms with Crippen molar-refractivity contribution in [1.82, 2.24) is 20.9 Å². The molecular formula is C27H43ClN4O5. The van der Waals surface area contributed by atoms with Gasteiger partial charge in [0.2, 0.25) is 0 Å². The number of amides is 3. The zero-order chi connectivity index (χ0) is 26.6. The van der Waals surface area contributed by atoms with Crippen LogP contribution in [-0.4, -0.2) is 81.2 Å². The highest BCUT2D eigenvalue weighted by atomic mass is 35.5. The van der Waals surface area contributed by atoms with Gasteiger partial charge >= 0.3 is 12.1 Å². The van der Waals surface area contributed by atoms with Crippen LogP contribution in [0.4, 0.5) is 9.59 Å². The van der Waals surface area contributed by atoms with E-state index < -0.39 is 6.09 Å². The first-order valence-corrected chi connectivity index (χ1v) is 13.8. The van der Waals surface area contributed by atoms with Gasteiger partial charge in [-0.2, -0.15) is 0 Å². The third-order valence-corrected chi connectivity index (χ3v) is 7.65. The van der Waals surface area contributed by atoms with Crippen LogP contribution >= 0.6 is 11.6 Å². The van der Waals surface area contributed by atoms with E-state index in [1.54, 1.807) is 0 Å². The summed E-state index contributed by atoms with van der Waals surface area (Å²) in [4.78, 5) is 26.6. The number of ether oxygens (including phenoxy) is 2. The average molecular weight is 539 g/mol. The van der Waals surface area contributed by atoms with Crippen LogP contribution in [0.3, 0.4) is 0 Å². The predicted molar refractivity (Wildman–Crippen MR) is 144 cm³/mol. The number of halogens is 1. The molecule has 1 heterocycles. The number of carbonyl (C=O) groups excluding carboxylic acids is 2. The van der Waals surface area contributed by atoms with Crippen molar-refractivity contribution in [3.05, 3.63) is 34.9 Å². The lowest BCUT2D eigenvalue weighted by Gasteiger charge is -2.38. The Morgan fingerprint density at radius 2 is 2.00 bits per heavy atom. The Morgan fingerprint density at radius 1 is 1.22 bits per heavy atom. The molecule has 1 aliphatic carbocycles. The van der Waals surface area contributed by atoms with E-state index in [4.69, 9.17) is 16.3 Å². The molecule has 10 heteroatoms. The number of likely N-dealkylation sites (N-methyl/N-ethyl adjacent to an activating group) is 1. The molecule has 0 spiro atoms. The molecule has 1 aromatic carbocycles. The molecule has 3 atom stereocenters. The minimum atomic E-state index is -0.496. The van der Waals surface area contributed by atoms with E-state index in [0.29, 0.717) is 43.7 Å². The fourth-order valence-electron chi connectivity index (χ4n) is 5.53. The van der Waals surface area contributed by atoms with Gasteiger partial charge in [-0.25, -0.2) is 9.59 Å². The van der Waals surface area contributed by atoms with E-state index >= 15 is 0 Å². The number of alkyl carbamates (subject to hydrolysis) is 1. The topological polar surface area (TPSA) is 112 Å². The quantitative estimate of drug-likeness (QED) is 0.320. The van der Waals surface area contributed by atoms with Gasteiger partial charge in [0.1, 0.15) is 0 Å². The molecule has 1 saturated heterocycles. The number of likely N-dealkylation sites (tertiary alicyclic amines) is 1. The first-order valence-electron chi connectivity index (χ1n) is 13.5. The third kappa shape index (κ3) is 9.63. The number of nitrogens with zero attached hydrogens (tertiary/aromatic N) is 1. The second kappa shape index (κ2) is 15.4. The van der Waals surface area contributed by atoms with Crippen molar-refractivity contribution in [3.8, 4) is 0 Å². The summed E-state index contributed by atoms with van der Waals surface area (Å²) in [7, 11) is 3.23. The van der Waals surface area contributed by atoms with Crippen molar-refractivity contribution in [2.45, 2.75) is 63.2 Å². The summed E-state index contributed by atoms with van der Waals surface area (Å²) in [6, 6.07) is 7.63. The second-order valence-corrected chi connectivity index (χ2v) is 10.7. The van der Waals surface area contributed by atoms with Crippen molar-refractivity contribution in [3.63, 3.8) is 0 Å². The van der Waals surface area contributed by atoms with Gasteiger partial charge < -0.3 is 35.4 Å². The van der Waals surface area contributed by atoms with E-state index in [9.17, 15) is 14.7 Å². The summed E-state index contributed by atoms with van der Waals surface area (Å²) in [5, 5.41) is 19.6. The van der Waals surface area contributed by atoms with E-state index in [1.807, 2.05) is 36.2 Å². The lowest BCUT2D eigenvalue weighted by molar-refractivity contribution is -0.00866. The number of hydrogen-bond acceptors (Lipinski definition) is 6. The van der Waals surface area contributed by atoms with Crippen LogP contribution in [0.5, 0.6) is 0 Å². The number of carbonyl (C=O) groups is 2. The molecule has 9 nitrogen and oxygen atoms in total. The number of urea groups is 1. The minimum absolute atomic E-state index is 0.0435. The van der Waals surface area contributed by atoms with Gasteiger partial charge in [0.15, 0.2) is 0 Å². The van der Waals surface area contributed by atoms with Crippen molar-refractivity contribution in [2.24, 2.45) is 11.8 Å². The number of rotatable bonds is 11. The van der Waals surface area contributed by atoms with Gasteiger partial charge in [0, 0.05) is 43.2 Å². The van der Waals surface area contributed by atoms with Crippen LogP contribution in [-0.2, 0) is 9.47 Å². The number of piperidine rings is 1. The van der Waals surface area contributed by atoms with E-state index in [2.05, 4.69) is 20.7 Å². The van der Waals surface area contributed by atoms with E-state index in [1.165, 1.54) is 7.11 Å². The Labute approximate surface area is 225 Å². The molecule has 0 unspecified atom stereocenters.